The predicted octanol–water partition coefficient (Wildman–Crippen LogP) is 5.29. The van der Waals surface area contributed by atoms with Crippen molar-refractivity contribution in [3.05, 3.63) is 83.2 Å². The molecule has 2 aliphatic heterocycles. The third kappa shape index (κ3) is 5.41. The summed E-state index contributed by atoms with van der Waals surface area (Å²) in [6.45, 7) is 5.28. The second-order valence-corrected chi connectivity index (χ2v) is 11.9. The molecule has 3 aromatic heterocycles. The number of imidazole rings is 1. The summed E-state index contributed by atoms with van der Waals surface area (Å²) < 4.78 is 30.4. The van der Waals surface area contributed by atoms with Gasteiger partial charge in [-0.15, -0.1) is 0 Å². The Labute approximate surface area is 254 Å². The van der Waals surface area contributed by atoms with E-state index < -0.39 is 5.97 Å². The van der Waals surface area contributed by atoms with Gasteiger partial charge in [0.25, 0.3) is 0 Å². The number of carboxylic acid groups (broad SMARTS) is 1. The first-order valence-electron chi connectivity index (χ1n) is 15.1. The fraction of sp³-hybridized carbons (Fsp3) is 0.394. The SMILES string of the molecule is CC1CC(c2cccc(OCc3ccc4cnn(C)c4c3F)n2)CCN1Cc1nc2ccc(C(=O)O)cc2n1C[C@@H]1CCO1. The summed E-state index contributed by atoms with van der Waals surface area (Å²) in [7, 11) is 1.73. The van der Waals surface area contributed by atoms with E-state index in [2.05, 4.69) is 21.5 Å². The van der Waals surface area contributed by atoms with E-state index in [-0.39, 0.29) is 36.1 Å². The molecule has 5 heterocycles. The highest BCUT2D eigenvalue weighted by atomic mass is 19.1. The Balaban J connectivity index is 1.03. The Bertz CT molecular complexity index is 1850. The molecule has 5 aromatic rings. The van der Waals surface area contributed by atoms with Crippen LogP contribution in [0.25, 0.3) is 21.9 Å². The van der Waals surface area contributed by atoms with Gasteiger partial charge in [0.05, 0.1) is 42.0 Å². The largest absolute Gasteiger partial charge is 0.478 e. The number of hydrogen-bond acceptors (Lipinski definition) is 7. The van der Waals surface area contributed by atoms with Crippen LogP contribution in [0.3, 0.4) is 0 Å². The van der Waals surface area contributed by atoms with Crippen LogP contribution in [0, 0.1) is 5.82 Å². The van der Waals surface area contributed by atoms with Crippen LogP contribution in [0.15, 0.2) is 54.7 Å². The fourth-order valence-corrected chi connectivity index (χ4v) is 6.43. The summed E-state index contributed by atoms with van der Waals surface area (Å²) in [6.07, 6.45) is 4.62. The maximum absolute atomic E-state index is 15.1. The Kier molecular flexibility index (Phi) is 7.51. The summed E-state index contributed by atoms with van der Waals surface area (Å²) in [5.41, 5.74) is 3.79. The summed E-state index contributed by atoms with van der Waals surface area (Å²) in [5, 5.41) is 14.4. The van der Waals surface area contributed by atoms with Crippen LogP contribution in [0.5, 0.6) is 5.88 Å². The molecule has 2 aliphatic rings. The van der Waals surface area contributed by atoms with Crippen LogP contribution >= 0.6 is 0 Å². The quantitative estimate of drug-likeness (QED) is 0.244. The first-order valence-corrected chi connectivity index (χ1v) is 15.1. The highest BCUT2D eigenvalue weighted by Gasteiger charge is 2.30. The van der Waals surface area contributed by atoms with Gasteiger partial charge in [0.2, 0.25) is 5.88 Å². The maximum atomic E-state index is 15.1. The van der Waals surface area contributed by atoms with Crippen LogP contribution in [-0.2, 0) is 31.5 Å². The van der Waals surface area contributed by atoms with Crippen molar-refractivity contribution in [3.63, 3.8) is 0 Å². The van der Waals surface area contributed by atoms with Crippen molar-refractivity contribution >= 4 is 27.9 Å². The molecule has 0 radical (unpaired) electrons. The average molecular weight is 599 g/mol. The normalized spacial score (nSPS) is 20.7. The minimum atomic E-state index is -0.946. The first kappa shape index (κ1) is 28.4. The van der Waals surface area contributed by atoms with E-state index >= 15 is 4.39 Å². The number of ether oxygens (including phenoxy) is 2. The molecule has 2 unspecified atom stereocenters. The van der Waals surface area contributed by atoms with Gasteiger partial charge in [-0.05, 0) is 57.0 Å². The first-order chi connectivity index (χ1) is 21.3. The monoisotopic (exact) mass is 598 g/mol. The molecule has 7 rings (SSSR count). The molecule has 2 saturated heterocycles. The van der Waals surface area contributed by atoms with Gasteiger partial charge in [0.1, 0.15) is 17.9 Å². The smallest absolute Gasteiger partial charge is 0.335 e. The Morgan fingerprint density at radius 3 is 2.80 bits per heavy atom. The van der Waals surface area contributed by atoms with Crippen LogP contribution in [0.1, 0.15) is 59.5 Å². The number of carboxylic acids is 1. The molecule has 11 heteroatoms. The molecule has 2 aromatic carbocycles. The zero-order chi connectivity index (χ0) is 30.4. The van der Waals surface area contributed by atoms with Gasteiger partial charge in [-0.2, -0.15) is 5.10 Å². The molecular formula is C33H35FN6O4. The van der Waals surface area contributed by atoms with Gasteiger partial charge in [0, 0.05) is 48.3 Å². The number of pyridine rings is 1. The summed E-state index contributed by atoms with van der Waals surface area (Å²) in [6, 6.07) is 14.8. The average Bonchev–Trinajstić information content (AvgIpc) is 3.55. The van der Waals surface area contributed by atoms with Crippen molar-refractivity contribution in [2.45, 2.75) is 63.9 Å². The van der Waals surface area contributed by atoms with Crippen molar-refractivity contribution in [1.29, 1.82) is 0 Å². The van der Waals surface area contributed by atoms with Crippen molar-refractivity contribution in [2.24, 2.45) is 7.05 Å². The molecule has 0 saturated carbocycles. The van der Waals surface area contributed by atoms with E-state index in [9.17, 15) is 9.90 Å². The maximum Gasteiger partial charge on any atom is 0.335 e. The molecule has 44 heavy (non-hydrogen) atoms. The Morgan fingerprint density at radius 1 is 1.16 bits per heavy atom. The number of benzene rings is 2. The number of aryl methyl sites for hydroxylation is 1. The van der Waals surface area contributed by atoms with E-state index in [1.54, 1.807) is 37.5 Å². The molecule has 2 fully saturated rings. The molecule has 0 spiro atoms. The summed E-state index contributed by atoms with van der Waals surface area (Å²) in [4.78, 5) is 23.8. The number of carbonyl (C=O) groups is 1. The number of halogens is 1. The van der Waals surface area contributed by atoms with Gasteiger partial charge < -0.3 is 19.1 Å². The van der Waals surface area contributed by atoms with Crippen molar-refractivity contribution < 1.29 is 23.8 Å². The molecule has 228 valence electrons. The van der Waals surface area contributed by atoms with Crippen LogP contribution in [0.2, 0.25) is 0 Å². The number of likely N-dealkylation sites (tertiary alicyclic amines) is 1. The van der Waals surface area contributed by atoms with Crippen LogP contribution in [0.4, 0.5) is 4.39 Å². The van der Waals surface area contributed by atoms with E-state index in [0.717, 1.165) is 60.4 Å². The fourth-order valence-electron chi connectivity index (χ4n) is 6.43. The van der Waals surface area contributed by atoms with Gasteiger partial charge in [-0.1, -0.05) is 18.2 Å². The predicted molar refractivity (Wildman–Crippen MR) is 162 cm³/mol. The second kappa shape index (κ2) is 11.6. The standard InChI is InChI=1S/C33H35FN6O4/c1-20-14-21(26-4-3-5-30(37-26)44-19-24-7-6-23-16-35-38(2)32(23)31(24)34)10-12-39(20)18-29-36-27-9-8-22(33(41)42)15-28(27)40(29)17-25-11-13-43-25/h3-9,15-16,20-21,25H,10-14,17-19H2,1-2H3,(H,41,42)/t20?,21?,25-/m0/s1. The molecule has 10 nitrogen and oxygen atoms in total. The van der Waals surface area contributed by atoms with Crippen molar-refractivity contribution in [1.82, 2.24) is 29.2 Å². The Hall–Kier alpha value is -4.35. The third-order valence-corrected chi connectivity index (χ3v) is 9.07. The van der Waals surface area contributed by atoms with E-state index in [1.165, 1.54) is 4.68 Å². The number of aromatic carboxylic acids is 1. The second-order valence-electron chi connectivity index (χ2n) is 11.9. The lowest BCUT2D eigenvalue weighted by atomic mass is 9.88. The summed E-state index contributed by atoms with van der Waals surface area (Å²) >= 11 is 0. The lowest BCUT2D eigenvalue weighted by Gasteiger charge is -2.37. The highest BCUT2D eigenvalue weighted by molar-refractivity contribution is 5.92. The summed E-state index contributed by atoms with van der Waals surface area (Å²) in [5.74, 6) is 0.407. The molecule has 0 bridgehead atoms. The minimum absolute atomic E-state index is 0.0825. The Morgan fingerprint density at radius 2 is 2.02 bits per heavy atom. The van der Waals surface area contributed by atoms with Crippen molar-refractivity contribution in [3.8, 4) is 5.88 Å². The van der Waals surface area contributed by atoms with Crippen LogP contribution < -0.4 is 4.74 Å². The third-order valence-electron chi connectivity index (χ3n) is 9.07. The number of piperidine rings is 1. The lowest BCUT2D eigenvalue weighted by molar-refractivity contribution is -0.0592. The molecule has 0 amide bonds. The molecule has 1 N–H and O–H groups in total. The van der Waals surface area contributed by atoms with Gasteiger partial charge in [-0.25, -0.2) is 19.2 Å². The van der Waals surface area contributed by atoms with Crippen LogP contribution in [-0.4, -0.2) is 65.6 Å². The molecular weight excluding hydrogens is 563 g/mol. The zero-order valence-corrected chi connectivity index (χ0v) is 24.8. The van der Waals surface area contributed by atoms with E-state index in [4.69, 9.17) is 19.4 Å². The van der Waals surface area contributed by atoms with Gasteiger partial charge in [0.15, 0.2) is 5.82 Å². The van der Waals surface area contributed by atoms with Gasteiger partial charge >= 0.3 is 5.97 Å². The number of fused-ring (bicyclic) bond motifs is 2. The number of rotatable bonds is 9. The lowest BCUT2D eigenvalue weighted by Crippen LogP contribution is -2.40. The van der Waals surface area contributed by atoms with E-state index in [1.807, 2.05) is 24.3 Å². The molecule has 0 aliphatic carbocycles. The number of hydrogen-bond donors (Lipinski definition) is 1. The number of aromatic nitrogens is 5. The topological polar surface area (TPSA) is 108 Å². The van der Waals surface area contributed by atoms with Gasteiger partial charge in [-0.3, -0.25) is 9.58 Å². The zero-order valence-electron chi connectivity index (χ0n) is 24.8. The van der Waals surface area contributed by atoms with E-state index in [0.29, 0.717) is 30.0 Å². The molecule has 3 atom stereocenters. The highest BCUT2D eigenvalue weighted by Crippen LogP contribution is 2.33. The van der Waals surface area contributed by atoms with Crippen molar-refractivity contribution in [2.75, 3.05) is 13.2 Å². The number of nitrogens with zero attached hydrogens (tertiary/aromatic N) is 6. The minimum Gasteiger partial charge on any atom is -0.478 e.